The highest BCUT2D eigenvalue weighted by molar-refractivity contribution is 5.87. The fourth-order valence-corrected chi connectivity index (χ4v) is 2.38. The standard InChI is InChI=1S/C18H24F3N3O/c1-16(2,3)11-23-17(4,15(25)24(5)6)13-8-7-12(10-22)14(9-13)18(19,20)21/h7-9,23H,11H2,1-6H3/t17-/m1/s1. The van der Waals surface area contributed by atoms with E-state index in [0.29, 0.717) is 6.54 Å². The van der Waals surface area contributed by atoms with Crippen LogP contribution in [-0.4, -0.2) is 31.4 Å². The third-order valence-corrected chi connectivity index (χ3v) is 3.83. The molecule has 138 valence electrons. The van der Waals surface area contributed by atoms with Gasteiger partial charge in [0.2, 0.25) is 5.91 Å². The number of carbonyl (C=O) groups is 1. The van der Waals surface area contributed by atoms with Crippen molar-refractivity contribution in [2.24, 2.45) is 5.41 Å². The molecule has 1 atom stereocenters. The quantitative estimate of drug-likeness (QED) is 0.899. The van der Waals surface area contributed by atoms with Crippen LogP contribution in [0.1, 0.15) is 44.4 Å². The number of nitrogens with one attached hydrogen (secondary N) is 1. The molecule has 1 aromatic rings. The molecular weight excluding hydrogens is 331 g/mol. The molecule has 0 radical (unpaired) electrons. The normalized spacial score (nSPS) is 14.6. The second-order valence-electron chi connectivity index (χ2n) is 7.61. The van der Waals surface area contributed by atoms with Gasteiger partial charge in [0.25, 0.3) is 0 Å². The number of rotatable bonds is 4. The van der Waals surface area contributed by atoms with Crippen molar-refractivity contribution in [2.45, 2.75) is 39.4 Å². The molecule has 0 aliphatic rings. The lowest BCUT2D eigenvalue weighted by molar-refractivity contribution is -0.139. The van der Waals surface area contributed by atoms with Crippen LogP contribution in [0.25, 0.3) is 0 Å². The minimum absolute atomic E-state index is 0.168. The molecule has 0 spiro atoms. The maximum absolute atomic E-state index is 13.3. The van der Waals surface area contributed by atoms with Crippen LogP contribution in [0.2, 0.25) is 0 Å². The van der Waals surface area contributed by atoms with Gasteiger partial charge in [-0.1, -0.05) is 26.8 Å². The number of halogens is 3. The first-order valence-electron chi connectivity index (χ1n) is 7.81. The Hall–Kier alpha value is -2.07. The van der Waals surface area contributed by atoms with Gasteiger partial charge in [0.1, 0.15) is 5.54 Å². The molecule has 0 bridgehead atoms. The van der Waals surface area contributed by atoms with E-state index in [0.717, 1.165) is 12.1 Å². The Bertz CT molecular complexity index is 684. The fourth-order valence-electron chi connectivity index (χ4n) is 2.38. The Morgan fingerprint density at radius 2 is 1.76 bits per heavy atom. The molecule has 1 N–H and O–H groups in total. The van der Waals surface area contributed by atoms with E-state index in [1.165, 1.54) is 11.0 Å². The van der Waals surface area contributed by atoms with Gasteiger partial charge in [0, 0.05) is 20.6 Å². The summed E-state index contributed by atoms with van der Waals surface area (Å²) in [6, 6.07) is 4.94. The lowest BCUT2D eigenvalue weighted by Gasteiger charge is -2.35. The van der Waals surface area contributed by atoms with E-state index in [-0.39, 0.29) is 16.9 Å². The number of amides is 1. The lowest BCUT2D eigenvalue weighted by atomic mass is 9.86. The van der Waals surface area contributed by atoms with Gasteiger partial charge in [-0.05, 0) is 30.0 Å². The molecule has 1 amide bonds. The summed E-state index contributed by atoms with van der Waals surface area (Å²) in [4.78, 5) is 14.0. The number of hydrogen-bond acceptors (Lipinski definition) is 3. The van der Waals surface area contributed by atoms with Crippen LogP contribution in [0.15, 0.2) is 18.2 Å². The number of alkyl halides is 3. The van der Waals surface area contributed by atoms with Crippen molar-refractivity contribution in [2.75, 3.05) is 20.6 Å². The highest BCUT2D eigenvalue weighted by Gasteiger charge is 2.40. The van der Waals surface area contributed by atoms with Crippen LogP contribution in [0.3, 0.4) is 0 Å². The smallest absolute Gasteiger partial charge is 0.347 e. The number of hydrogen-bond donors (Lipinski definition) is 1. The Kier molecular flexibility index (Phi) is 5.91. The van der Waals surface area contributed by atoms with Gasteiger partial charge in [-0.3, -0.25) is 10.1 Å². The maximum Gasteiger partial charge on any atom is 0.417 e. The van der Waals surface area contributed by atoms with Gasteiger partial charge in [-0.15, -0.1) is 0 Å². The predicted molar refractivity (Wildman–Crippen MR) is 89.7 cm³/mol. The molecule has 1 aromatic carbocycles. The fraction of sp³-hybridized carbons (Fsp3) is 0.556. The van der Waals surface area contributed by atoms with Crippen molar-refractivity contribution in [3.63, 3.8) is 0 Å². The van der Waals surface area contributed by atoms with Crippen LogP contribution in [0.4, 0.5) is 13.2 Å². The van der Waals surface area contributed by atoms with Crippen molar-refractivity contribution in [3.8, 4) is 6.07 Å². The van der Waals surface area contributed by atoms with Crippen LogP contribution >= 0.6 is 0 Å². The van der Waals surface area contributed by atoms with E-state index >= 15 is 0 Å². The highest BCUT2D eigenvalue weighted by Crippen LogP contribution is 2.35. The van der Waals surface area contributed by atoms with Gasteiger partial charge in [0.15, 0.2) is 0 Å². The van der Waals surface area contributed by atoms with Gasteiger partial charge < -0.3 is 4.90 Å². The third kappa shape index (κ3) is 4.95. The van der Waals surface area contributed by atoms with Crippen LogP contribution < -0.4 is 5.32 Å². The largest absolute Gasteiger partial charge is 0.417 e. The molecule has 0 aliphatic heterocycles. The second-order valence-corrected chi connectivity index (χ2v) is 7.61. The first-order chi connectivity index (χ1) is 11.2. The summed E-state index contributed by atoms with van der Waals surface area (Å²) in [5.74, 6) is -0.366. The highest BCUT2D eigenvalue weighted by atomic mass is 19.4. The molecule has 1 rings (SSSR count). The van der Waals surface area contributed by atoms with E-state index in [2.05, 4.69) is 5.32 Å². The zero-order valence-electron chi connectivity index (χ0n) is 15.4. The Balaban J connectivity index is 3.51. The van der Waals surface area contributed by atoms with Gasteiger partial charge in [-0.25, -0.2) is 0 Å². The summed E-state index contributed by atoms with van der Waals surface area (Å²) in [6.45, 7) is 7.86. The molecule has 0 fully saturated rings. The molecule has 0 heterocycles. The Morgan fingerprint density at radius 1 is 1.20 bits per heavy atom. The second kappa shape index (κ2) is 7.04. The monoisotopic (exact) mass is 355 g/mol. The molecule has 7 heteroatoms. The molecule has 0 unspecified atom stereocenters. The lowest BCUT2D eigenvalue weighted by Crippen LogP contribution is -2.53. The van der Waals surface area contributed by atoms with Crippen LogP contribution in [-0.2, 0) is 16.5 Å². The Morgan fingerprint density at radius 3 is 2.16 bits per heavy atom. The number of nitriles is 1. The SMILES string of the molecule is CN(C)C(=O)[C@](C)(NCC(C)(C)C)c1ccc(C#N)c(C(F)(F)F)c1. The summed E-state index contributed by atoms with van der Waals surface area (Å²) < 4.78 is 39.8. The van der Waals surface area contributed by atoms with Crippen LogP contribution in [0, 0.1) is 16.7 Å². The molecule has 25 heavy (non-hydrogen) atoms. The zero-order valence-corrected chi connectivity index (χ0v) is 15.4. The molecule has 0 aromatic heterocycles. The molecular formula is C18H24F3N3O. The number of nitrogens with zero attached hydrogens (tertiary/aromatic N) is 2. The summed E-state index contributed by atoms with van der Waals surface area (Å²) in [7, 11) is 3.10. The first kappa shape index (κ1) is 21.0. The van der Waals surface area contributed by atoms with E-state index in [1.807, 2.05) is 20.8 Å². The van der Waals surface area contributed by atoms with E-state index in [4.69, 9.17) is 5.26 Å². The van der Waals surface area contributed by atoms with Crippen molar-refractivity contribution in [1.29, 1.82) is 5.26 Å². The predicted octanol–water partition coefficient (Wildman–Crippen LogP) is 3.52. The summed E-state index contributed by atoms with van der Waals surface area (Å²) in [6.07, 6.45) is -4.67. The van der Waals surface area contributed by atoms with Crippen molar-refractivity contribution < 1.29 is 18.0 Å². The van der Waals surface area contributed by atoms with Gasteiger partial charge >= 0.3 is 6.18 Å². The number of carbonyl (C=O) groups excluding carboxylic acids is 1. The minimum atomic E-state index is -4.67. The summed E-state index contributed by atoms with van der Waals surface area (Å²) >= 11 is 0. The summed E-state index contributed by atoms with van der Waals surface area (Å²) in [5.41, 5.74) is -2.85. The van der Waals surface area contributed by atoms with E-state index in [9.17, 15) is 18.0 Å². The average molecular weight is 355 g/mol. The number of likely N-dealkylation sites (N-methyl/N-ethyl adjacent to an activating group) is 1. The number of benzene rings is 1. The zero-order chi connectivity index (χ0) is 19.6. The van der Waals surface area contributed by atoms with Crippen molar-refractivity contribution >= 4 is 5.91 Å². The van der Waals surface area contributed by atoms with Crippen molar-refractivity contribution in [1.82, 2.24) is 10.2 Å². The van der Waals surface area contributed by atoms with Gasteiger partial charge in [-0.2, -0.15) is 18.4 Å². The Labute approximate surface area is 146 Å². The topological polar surface area (TPSA) is 56.1 Å². The molecule has 0 aliphatic carbocycles. The molecule has 4 nitrogen and oxygen atoms in total. The third-order valence-electron chi connectivity index (χ3n) is 3.83. The minimum Gasteiger partial charge on any atom is -0.347 e. The van der Waals surface area contributed by atoms with E-state index in [1.54, 1.807) is 27.1 Å². The van der Waals surface area contributed by atoms with E-state index < -0.39 is 22.8 Å². The molecule has 0 saturated carbocycles. The van der Waals surface area contributed by atoms with Crippen LogP contribution in [0.5, 0.6) is 0 Å². The van der Waals surface area contributed by atoms with Crippen molar-refractivity contribution in [3.05, 3.63) is 34.9 Å². The average Bonchev–Trinajstić information content (AvgIpc) is 2.49. The first-order valence-corrected chi connectivity index (χ1v) is 7.81. The summed E-state index contributed by atoms with van der Waals surface area (Å²) in [5, 5.41) is 12.1. The maximum atomic E-state index is 13.3. The van der Waals surface area contributed by atoms with Gasteiger partial charge in [0.05, 0.1) is 17.2 Å². The molecule has 0 saturated heterocycles.